The smallest absolute Gasteiger partial charge is 0.251 e. The Labute approximate surface area is 125 Å². The van der Waals surface area contributed by atoms with Crippen molar-refractivity contribution in [1.29, 1.82) is 0 Å². The molecule has 2 heterocycles. The number of methoxy groups -OCH3 is 1. The highest BCUT2D eigenvalue weighted by Gasteiger charge is 2.05. The number of rotatable bonds is 8. The first kappa shape index (κ1) is 15.5. The second kappa shape index (κ2) is 7.81. The highest BCUT2D eigenvalue weighted by atomic mass is 16.5. The van der Waals surface area contributed by atoms with Crippen molar-refractivity contribution in [1.82, 2.24) is 9.55 Å². The fourth-order valence-electron chi connectivity index (χ4n) is 2.55. The van der Waals surface area contributed by atoms with Gasteiger partial charge in [-0.3, -0.25) is 4.79 Å². The standard InChI is InChI=1S/C17H24N2O2/c1-3-4-5-6-7-8-13-19-15-10-11-16(21-2)18-14(15)9-12-17(19)20/h9-12H,3-8,13H2,1-2H3. The molecule has 4 nitrogen and oxygen atoms in total. The third kappa shape index (κ3) is 4.06. The summed E-state index contributed by atoms with van der Waals surface area (Å²) in [4.78, 5) is 16.4. The summed E-state index contributed by atoms with van der Waals surface area (Å²) in [5.41, 5.74) is 1.74. The van der Waals surface area contributed by atoms with Crippen LogP contribution in [0.1, 0.15) is 45.4 Å². The van der Waals surface area contributed by atoms with Gasteiger partial charge in [0.2, 0.25) is 5.88 Å². The summed E-state index contributed by atoms with van der Waals surface area (Å²) in [6.07, 6.45) is 7.31. The lowest BCUT2D eigenvalue weighted by atomic mass is 10.1. The predicted octanol–water partition coefficient (Wildman–Crippen LogP) is 3.77. The number of hydrogen-bond acceptors (Lipinski definition) is 3. The van der Waals surface area contributed by atoms with Gasteiger partial charge in [0.15, 0.2) is 0 Å². The van der Waals surface area contributed by atoms with Crippen molar-refractivity contribution < 1.29 is 4.74 Å². The van der Waals surface area contributed by atoms with Crippen molar-refractivity contribution in [3.05, 3.63) is 34.6 Å². The molecular weight excluding hydrogens is 264 g/mol. The lowest BCUT2D eigenvalue weighted by molar-refractivity contribution is 0.399. The first-order valence-electron chi connectivity index (χ1n) is 7.81. The number of pyridine rings is 2. The van der Waals surface area contributed by atoms with Gasteiger partial charge in [0.05, 0.1) is 18.1 Å². The summed E-state index contributed by atoms with van der Waals surface area (Å²) in [6.45, 7) is 2.98. The molecule has 0 saturated carbocycles. The lowest BCUT2D eigenvalue weighted by Gasteiger charge is -2.10. The summed E-state index contributed by atoms with van der Waals surface area (Å²) in [7, 11) is 1.60. The number of hydrogen-bond donors (Lipinski definition) is 0. The highest BCUT2D eigenvalue weighted by molar-refractivity contribution is 5.75. The summed E-state index contributed by atoms with van der Waals surface area (Å²) in [5.74, 6) is 0.576. The van der Waals surface area contributed by atoms with E-state index in [1.54, 1.807) is 25.3 Å². The predicted molar refractivity (Wildman–Crippen MR) is 85.9 cm³/mol. The number of nitrogens with zero attached hydrogens (tertiary/aromatic N) is 2. The van der Waals surface area contributed by atoms with Crippen molar-refractivity contribution in [3.63, 3.8) is 0 Å². The summed E-state index contributed by atoms with van der Waals surface area (Å²) in [5, 5.41) is 0. The van der Waals surface area contributed by atoms with Gasteiger partial charge >= 0.3 is 0 Å². The van der Waals surface area contributed by atoms with E-state index in [9.17, 15) is 4.79 Å². The van der Waals surface area contributed by atoms with E-state index in [-0.39, 0.29) is 5.56 Å². The Kier molecular flexibility index (Phi) is 5.78. The first-order chi connectivity index (χ1) is 10.3. The second-order valence-corrected chi connectivity index (χ2v) is 5.35. The first-order valence-corrected chi connectivity index (χ1v) is 7.81. The number of unbranched alkanes of at least 4 members (excludes halogenated alkanes) is 5. The minimum absolute atomic E-state index is 0.0445. The van der Waals surface area contributed by atoms with E-state index in [0.717, 1.165) is 24.0 Å². The van der Waals surface area contributed by atoms with Gasteiger partial charge in [-0.2, -0.15) is 0 Å². The van der Waals surface area contributed by atoms with E-state index in [0.29, 0.717) is 5.88 Å². The van der Waals surface area contributed by atoms with Crippen LogP contribution in [-0.2, 0) is 6.54 Å². The Morgan fingerprint density at radius 2 is 1.81 bits per heavy atom. The molecule has 0 aliphatic heterocycles. The molecule has 0 amide bonds. The van der Waals surface area contributed by atoms with Crippen molar-refractivity contribution >= 4 is 11.0 Å². The number of ether oxygens (including phenoxy) is 1. The zero-order valence-electron chi connectivity index (χ0n) is 13.0. The third-order valence-electron chi connectivity index (χ3n) is 3.76. The Morgan fingerprint density at radius 1 is 1.05 bits per heavy atom. The van der Waals surface area contributed by atoms with Crippen molar-refractivity contribution in [2.45, 2.75) is 52.0 Å². The van der Waals surface area contributed by atoms with E-state index < -0.39 is 0 Å². The lowest BCUT2D eigenvalue weighted by Crippen LogP contribution is -2.19. The molecule has 0 atom stereocenters. The maximum Gasteiger partial charge on any atom is 0.251 e. The summed E-state index contributed by atoms with van der Waals surface area (Å²) >= 11 is 0. The van der Waals surface area contributed by atoms with Crippen LogP contribution in [0.2, 0.25) is 0 Å². The van der Waals surface area contributed by atoms with E-state index in [1.165, 1.54) is 32.1 Å². The largest absolute Gasteiger partial charge is 0.481 e. The van der Waals surface area contributed by atoms with Crippen LogP contribution in [0.5, 0.6) is 5.88 Å². The number of aromatic nitrogens is 2. The average Bonchev–Trinajstić information content (AvgIpc) is 2.52. The van der Waals surface area contributed by atoms with Crippen LogP contribution >= 0.6 is 0 Å². The van der Waals surface area contributed by atoms with Gasteiger partial charge in [0.1, 0.15) is 0 Å². The van der Waals surface area contributed by atoms with Crippen LogP contribution in [0.4, 0.5) is 0 Å². The molecule has 2 aromatic rings. The van der Waals surface area contributed by atoms with Crippen molar-refractivity contribution in [2.24, 2.45) is 0 Å². The van der Waals surface area contributed by atoms with Crippen molar-refractivity contribution in [2.75, 3.05) is 7.11 Å². The Balaban J connectivity index is 2.08. The second-order valence-electron chi connectivity index (χ2n) is 5.35. The molecular formula is C17H24N2O2. The minimum Gasteiger partial charge on any atom is -0.481 e. The van der Waals surface area contributed by atoms with Crippen LogP contribution in [0.25, 0.3) is 11.0 Å². The molecule has 0 unspecified atom stereocenters. The SMILES string of the molecule is CCCCCCCCn1c(=O)ccc2nc(OC)ccc21. The fraction of sp³-hybridized carbons (Fsp3) is 0.529. The van der Waals surface area contributed by atoms with Gasteiger partial charge in [0, 0.05) is 18.7 Å². The normalized spacial score (nSPS) is 11.0. The Bertz CT molecular complexity index is 634. The molecule has 0 radical (unpaired) electrons. The monoisotopic (exact) mass is 288 g/mol. The van der Waals surface area contributed by atoms with E-state index >= 15 is 0 Å². The molecule has 0 N–H and O–H groups in total. The Hall–Kier alpha value is -1.84. The van der Waals surface area contributed by atoms with E-state index in [4.69, 9.17) is 4.74 Å². The molecule has 0 bridgehead atoms. The molecule has 2 aromatic heterocycles. The molecule has 2 rings (SSSR count). The fourth-order valence-corrected chi connectivity index (χ4v) is 2.55. The van der Waals surface area contributed by atoms with Gasteiger partial charge < -0.3 is 9.30 Å². The number of fused-ring (bicyclic) bond motifs is 1. The topological polar surface area (TPSA) is 44.1 Å². The average molecular weight is 288 g/mol. The molecule has 0 saturated heterocycles. The van der Waals surface area contributed by atoms with Gasteiger partial charge in [-0.1, -0.05) is 39.0 Å². The molecule has 4 heteroatoms. The maximum absolute atomic E-state index is 12.1. The molecule has 0 aliphatic carbocycles. The van der Waals surface area contributed by atoms with Crippen molar-refractivity contribution in [3.8, 4) is 5.88 Å². The van der Waals surface area contributed by atoms with Gasteiger partial charge in [-0.25, -0.2) is 4.98 Å². The molecule has 21 heavy (non-hydrogen) atoms. The van der Waals surface area contributed by atoms with Gasteiger partial charge in [-0.15, -0.1) is 0 Å². The van der Waals surface area contributed by atoms with Gasteiger partial charge in [-0.05, 0) is 18.6 Å². The summed E-state index contributed by atoms with van der Waals surface area (Å²) < 4.78 is 6.95. The zero-order valence-corrected chi connectivity index (χ0v) is 13.0. The highest BCUT2D eigenvalue weighted by Crippen LogP contribution is 2.15. The Morgan fingerprint density at radius 3 is 2.57 bits per heavy atom. The van der Waals surface area contributed by atoms with E-state index in [1.807, 2.05) is 10.6 Å². The molecule has 0 aromatic carbocycles. The molecule has 0 spiro atoms. The van der Waals surface area contributed by atoms with Crippen LogP contribution in [-0.4, -0.2) is 16.7 Å². The van der Waals surface area contributed by atoms with Crippen LogP contribution < -0.4 is 10.3 Å². The quantitative estimate of drug-likeness (QED) is 0.695. The van der Waals surface area contributed by atoms with E-state index in [2.05, 4.69) is 11.9 Å². The van der Waals surface area contributed by atoms with Crippen LogP contribution in [0.15, 0.2) is 29.1 Å². The van der Waals surface area contributed by atoms with Gasteiger partial charge in [0.25, 0.3) is 5.56 Å². The zero-order chi connectivity index (χ0) is 15.1. The number of aryl methyl sites for hydroxylation is 1. The summed E-state index contributed by atoms with van der Waals surface area (Å²) in [6, 6.07) is 7.07. The van der Waals surface area contributed by atoms with Crippen LogP contribution in [0, 0.1) is 0 Å². The van der Waals surface area contributed by atoms with Crippen LogP contribution in [0.3, 0.4) is 0 Å². The minimum atomic E-state index is 0.0445. The molecule has 114 valence electrons. The molecule has 0 fully saturated rings. The maximum atomic E-state index is 12.1. The third-order valence-corrected chi connectivity index (χ3v) is 3.76. The molecule has 0 aliphatic rings.